The molecule has 0 heterocycles. The van der Waals surface area contributed by atoms with Gasteiger partial charge in [0.25, 0.3) is 0 Å². The Morgan fingerprint density at radius 1 is 1.14 bits per heavy atom. The molecule has 166 valence electrons. The second-order valence-electron chi connectivity index (χ2n) is 11.7. The minimum atomic E-state index is -0.542. The molecule has 3 heteroatoms. The molecule has 3 saturated carbocycles. The third-order valence-corrected chi connectivity index (χ3v) is 10.1. The molecule has 3 fully saturated rings. The van der Waals surface area contributed by atoms with Crippen molar-refractivity contribution in [2.24, 2.45) is 40.4 Å². The van der Waals surface area contributed by atoms with Crippen molar-refractivity contribution in [2.75, 3.05) is 20.3 Å². The molecular formula is C26H44O3. The first kappa shape index (κ1) is 21.8. The van der Waals surface area contributed by atoms with Crippen LogP contribution in [0.4, 0.5) is 0 Å². The molecule has 29 heavy (non-hydrogen) atoms. The van der Waals surface area contributed by atoms with Crippen molar-refractivity contribution >= 4 is 0 Å². The van der Waals surface area contributed by atoms with Gasteiger partial charge in [-0.3, -0.25) is 0 Å². The average Bonchev–Trinajstić information content (AvgIpc) is 3.03. The van der Waals surface area contributed by atoms with Gasteiger partial charge >= 0.3 is 0 Å². The van der Waals surface area contributed by atoms with Crippen LogP contribution >= 0.6 is 0 Å². The lowest BCUT2D eigenvalue weighted by atomic mass is 9.46. The van der Waals surface area contributed by atoms with Gasteiger partial charge in [-0.15, -0.1) is 0 Å². The van der Waals surface area contributed by atoms with Crippen LogP contribution in [0.3, 0.4) is 0 Å². The first-order valence-corrected chi connectivity index (χ1v) is 12.3. The van der Waals surface area contributed by atoms with Crippen LogP contribution in [0.2, 0.25) is 0 Å². The summed E-state index contributed by atoms with van der Waals surface area (Å²) in [5, 5.41) is 20.0. The Morgan fingerprint density at radius 2 is 1.93 bits per heavy atom. The summed E-state index contributed by atoms with van der Waals surface area (Å²) in [6.07, 6.45) is 14.1. The van der Waals surface area contributed by atoms with E-state index in [4.69, 9.17) is 4.74 Å². The monoisotopic (exact) mass is 404 g/mol. The Bertz CT molecular complexity index is 625. The molecule has 0 bridgehead atoms. The van der Waals surface area contributed by atoms with Crippen molar-refractivity contribution in [1.29, 1.82) is 0 Å². The van der Waals surface area contributed by atoms with Gasteiger partial charge in [-0.25, -0.2) is 0 Å². The quantitative estimate of drug-likeness (QED) is 0.587. The third-order valence-electron chi connectivity index (χ3n) is 10.1. The molecule has 0 saturated heterocycles. The highest BCUT2D eigenvalue weighted by atomic mass is 16.5. The van der Waals surface area contributed by atoms with Crippen molar-refractivity contribution in [2.45, 2.75) is 90.6 Å². The maximum Gasteiger partial charge on any atom is 0.0657 e. The van der Waals surface area contributed by atoms with E-state index in [0.717, 1.165) is 61.9 Å². The highest BCUT2D eigenvalue weighted by Gasteiger charge is 2.60. The molecule has 2 N–H and O–H groups in total. The zero-order valence-corrected chi connectivity index (χ0v) is 19.3. The van der Waals surface area contributed by atoms with Crippen LogP contribution in [0.25, 0.3) is 0 Å². The molecule has 4 rings (SSSR count). The lowest BCUT2D eigenvalue weighted by Crippen LogP contribution is -2.54. The molecule has 0 aliphatic heterocycles. The van der Waals surface area contributed by atoms with Crippen LogP contribution in [-0.2, 0) is 4.74 Å². The Labute approximate surface area is 178 Å². The molecular weight excluding hydrogens is 360 g/mol. The summed E-state index contributed by atoms with van der Waals surface area (Å²) in [6, 6.07) is 0. The van der Waals surface area contributed by atoms with E-state index in [1.807, 2.05) is 14.0 Å². The molecule has 0 radical (unpaired) electrons. The highest BCUT2D eigenvalue weighted by molar-refractivity contribution is 5.28. The number of hydrogen-bond acceptors (Lipinski definition) is 3. The SMILES string of the molecule is COC[C@]12CC[C@](C)(O)CC1=CC[C@@H]1C2CC[C@@]2(C)C1CCC2[C@H](C)CCCO. The Morgan fingerprint density at radius 3 is 2.66 bits per heavy atom. The zero-order valence-electron chi connectivity index (χ0n) is 19.3. The van der Waals surface area contributed by atoms with Gasteiger partial charge in [-0.2, -0.15) is 0 Å². The lowest BCUT2D eigenvalue weighted by molar-refractivity contribution is -0.0975. The number of aliphatic hydroxyl groups is 2. The van der Waals surface area contributed by atoms with Gasteiger partial charge < -0.3 is 14.9 Å². The van der Waals surface area contributed by atoms with E-state index in [1.54, 1.807) is 0 Å². The van der Waals surface area contributed by atoms with Crippen molar-refractivity contribution in [3.63, 3.8) is 0 Å². The number of rotatable bonds is 6. The van der Waals surface area contributed by atoms with Crippen molar-refractivity contribution in [1.82, 2.24) is 0 Å². The molecule has 0 aromatic carbocycles. The summed E-state index contributed by atoms with van der Waals surface area (Å²) >= 11 is 0. The fourth-order valence-corrected chi connectivity index (χ4v) is 8.73. The highest BCUT2D eigenvalue weighted by Crippen LogP contribution is 2.67. The summed E-state index contributed by atoms with van der Waals surface area (Å²) < 4.78 is 5.85. The maximum absolute atomic E-state index is 10.8. The second kappa shape index (κ2) is 7.95. The number of allylic oxidation sites excluding steroid dienone is 1. The Hall–Kier alpha value is -0.380. The fraction of sp³-hybridized carbons (Fsp3) is 0.923. The molecule has 3 unspecified atom stereocenters. The summed E-state index contributed by atoms with van der Waals surface area (Å²) in [5.74, 6) is 3.88. The smallest absolute Gasteiger partial charge is 0.0657 e. The first-order chi connectivity index (χ1) is 13.8. The Kier molecular flexibility index (Phi) is 5.99. The van der Waals surface area contributed by atoms with Crippen LogP contribution in [0.5, 0.6) is 0 Å². The van der Waals surface area contributed by atoms with Crippen LogP contribution in [0.15, 0.2) is 11.6 Å². The van der Waals surface area contributed by atoms with Gasteiger partial charge in [0, 0.05) is 19.1 Å². The van der Waals surface area contributed by atoms with Crippen molar-refractivity contribution in [3.05, 3.63) is 11.6 Å². The predicted molar refractivity (Wildman–Crippen MR) is 118 cm³/mol. The van der Waals surface area contributed by atoms with E-state index in [2.05, 4.69) is 19.9 Å². The van der Waals surface area contributed by atoms with Crippen LogP contribution in [0, 0.1) is 40.4 Å². The number of fused-ring (bicyclic) bond motifs is 5. The van der Waals surface area contributed by atoms with Crippen LogP contribution in [0.1, 0.15) is 85.0 Å². The summed E-state index contributed by atoms with van der Waals surface area (Å²) in [7, 11) is 1.87. The molecule has 0 aromatic rings. The molecule has 4 aliphatic carbocycles. The van der Waals surface area contributed by atoms with Gasteiger partial charge in [0.05, 0.1) is 12.2 Å². The predicted octanol–water partition coefficient (Wildman–Crippen LogP) is 5.35. The van der Waals surface area contributed by atoms with Gasteiger partial charge in [-0.05, 0) is 106 Å². The lowest BCUT2D eigenvalue weighted by Gasteiger charge is -2.60. The molecule has 8 atom stereocenters. The zero-order chi connectivity index (χ0) is 20.9. The normalized spacial score (nSPS) is 47.7. The summed E-state index contributed by atoms with van der Waals surface area (Å²) in [5.41, 5.74) is 1.60. The van der Waals surface area contributed by atoms with E-state index in [1.165, 1.54) is 44.1 Å². The maximum atomic E-state index is 10.8. The topological polar surface area (TPSA) is 49.7 Å². The van der Waals surface area contributed by atoms with E-state index in [-0.39, 0.29) is 5.41 Å². The van der Waals surface area contributed by atoms with Gasteiger partial charge in [0.2, 0.25) is 0 Å². The van der Waals surface area contributed by atoms with Crippen LogP contribution < -0.4 is 0 Å². The molecule has 0 spiro atoms. The molecule has 0 amide bonds. The summed E-state index contributed by atoms with van der Waals surface area (Å²) in [4.78, 5) is 0. The first-order valence-electron chi connectivity index (χ1n) is 12.3. The largest absolute Gasteiger partial charge is 0.396 e. The fourth-order valence-electron chi connectivity index (χ4n) is 8.73. The molecule has 3 nitrogen and oxygen atoms in total. The van der Waals surface area contributed by atoms with E-state index < -0.39 is 5.60 Å². The van der Waals surface area contributed by atoms with Crippen molar-refractivity contribution in [3.8, 4) is 0 Å². The number of hydrogen-bond donors (Lipinski definition) is 2. The average molecular weight is 405 g/mol. The number of aliphatic hydroxyl groups excluding tert-OH is 1. The molecule has 4 aliphatic rings. The minimum Gasteiger partial charge on any atom is -0.396 e. The third kappa shape index (κ3) is 3.53. The van der Waals surface area contributed by atoms with E-state index >= 15 is 0 Å². The number of ether oxygens (including phenoxy) is 1. The minimum absolute atomic E-state index is 0.168. The second-order valence-corrected chi connectivity index (χ2v) is 11.7. The van der Waals surface area contributed by atoms with E-state index in [0.29, 0.717) is 12.0 Å². The molecule has 0 aromatic heterocycles. The van der Waals surface area contributed by atoms with Crippen LogP contribution in [-0.4, -0.2) is 36.1 Å². The number of methoxy groups -OCH3 is 1. The standard InChI is InChI=1S/C26H44O3/c1-18(6-5-15-27)21-9-10-22-20-8-7-19-16-24(2,28)13-14-26(19,17-29-4)23(20)11-12-25(21,22)3/h7,18,20-23,27-28H,5-6,8-17H2,1-4H3/t18-,20+,21?,22?,23?,24+,25-,26-/m1/s1. The van der Waals surface area contributed by atoms with Gasteiger partial charge in [0.15, 0.2) is 0 Å². The van der Waals surface area contributed by atoms with E-state index in [9.17, 15) is 10.2 Å². The Balaban J connectivity index is 1.60. The summed E-state index contributed by atoms with van der Waals surface area (Å²) in [6.45, 7) is 8.22. The van der Waals surface area contributed by atoms with Gasteiger partial charge in [-0.1, -0.05) is 25.5 Å². The van der Waals surface area contributed by atoms with Crippen molar-refractivity contribution < 1.29 is 14.9 Å². The van der Waals surface area contributed by atoms with Gasteiger partial charge in [0.1, 0.15) is 0 Å².